The van der Waals surface area contributed by atoms with Gasteiger partial charge in [0.1, 0.15) is 17.8 Å². The molecule has 1 heterocycles. The lowest BCUT2D eigenvalue weighted by molar-refractivity contribution is 0.0479. The predicted molar refractivity (Wildman–Crippen MR) is 57.1 cm³/mol. The maximum Gasteiger partial charge on any atom is 0.407 e. The zero-order valence-corrected chi connectivity index (χ0v) is 9.90. The number of carbonyl (C=O) groups is 1. The van der Waals surface area contributed by atoms with Gasteiger partial charge in [-0.2, -0.15) is 0 Å². The fourth-order valence-corrected chi connectivity index (χ4v) is 2.06. The number of nitrogens with one attached hydrogen (secondary N) is 1. The molecule has 0 aromatic carbocycles. The van der Waals surface area contributed by atoms with Gasteiger partial charge in [-0.1, -0.05) is 0 Å². The van der Waals surface area contributed by atoms with Gasteiger partial charge in [0.2, 0.25) is 0 Å². The molecule has 92 valence electrons. The van der Waals surface area contributed by atoms with Crippen molar-refractivity contribution in [2.75, 3.05) is 0 Å². The number of amides is 1. The van der Waals surface area contributed by atoms with Crippen molar-refractivity contribution in [2.45, 2.75) is 63.6 Å². The third kappa shape index (κ3) is 2.65. The Morgan fingerprint density at radius 1 is 1.38 bits per heavy atom. The summed E-state index contributed by atoms with van der Waals surface area (Å²) in [6, 6.07) is -0.0248. The number of epoxide rings is 1. The molecule has 2 aliphatic rings. The van der Waals surface area contributed by atoms with Gasteiger partial charge < -0.3 is 19.9 Å². The summed E-state index contributed by atoms with van der Waals surface area (Å²) >= 11 is 0. The number of carbonyl (C=O) groups excluding carboxylic acids is 1. The summed E-state index contributed by atoms with van der Waals surface area (Å²) in [5.74, 6) is 0. The molecular weight excluding hydrogens is 210 g/mol. The third-order valence-corrected chi connectivity index (χ3v) is 2.81. The van der Waals surface area contributed by atoms with E-state index in [1.165, 1.54) is 0 Å². The smallest absolute Gasteiger partial charge is 0.407 e. The first kappa shape index (κ1) is 11.7. The molecule has 0 aromatic rings. The minimum atomic E-state index is -0.484. The van der Waals surface area contributed by atoms with Gasteiger partial charge >= 0.3 is 6.09 Å². The monoisotopic (exact) mass is 229 g/mol. The minimum Gasteiger partial charge on any atom is -0.444 e. The number of rotatable bonds is 1. The molecule has 0 spiro atoms. The number of aliphatic hydroxyl groups is 1. The van der Waals surface area contributed by atoms with Crippen LogP contribution in [0.2, 0.25) is 0 Å². The maximum atomic E-state index is 11.5. The van der Waals surface area contributed by atoms with Crippen LogP contribution in [0.4, 0.5) is 4.79 Å². The van der Waals surface area contributed by atoms with Crippen LogP contribution in [0.25, 0.3) is 0 Å². The largest absolute Gasteiger partial charge is 0.444 e. The lowest BCUT2D eigenvalue weighted by atomic mass is 9.93. The van der Waals surface area contributed by atoms with Crippen LogP contribution in [0, 0.1) is 0 Å². The van der Waals surface area contributed by atoms with E-state index < -0.39 is 11.7 Å². The first-order valence-corrected chi connectivity index (χ1v) is 5.70. The molecule has 0 unspecified atom stereocenters. The van der Waals surface area contributed by atoms with E-state index in [1.54, 1.807) is 0 Å². The first-order chi connectivity index (χ1) is 7.37. The average molecular weight is 229 g/mol. The molecular formula is C11H19NO4. The van der Waals surface area contributed by atoms with Crippen molar-refractivity contribution in [1.29, 1.82) is 0 Å². The van der Waals surface area contributed by atoms with Gasteiger partial charge in [-0.3, -0.25) is 0 Å². The number of aliphatic hydroxyl groups excluding tert-OH is 1. The van der Waals surface area contributed by atoms with Gasteiger partial charge in [0.05, 0.1) is 12.1 Å². The van der Waals surface area contributed by atoms with Crippen LogP contribution in [0.3, 0.4) is 0 Å². The molecule has 1 amide bonds. The van der Waals surface area contributed by atoms with Crippen molar-refractivity contribution >= 4 is 6.09 Å². The summed E-state index contributed by atoms with van der Waals surface area (Å²) in [5.41, 5.74) is -0.484. The lowest BCUT2D eigenvalue weighted by Gasteiger charge is -2.25. The molecule has 2 rings (SSSR count). The highest BCUT2D eigenvalue weighted by atomic mass is 16.6. The Kier molecular flexibility index (Phi) is 2.84. The van der Waals surface area contributed by atoms with Crippen LogP contribution in [-0.4, -0.2) is 41.2 Å². The summed E-state index contributed by atoms with van der Waals surface area (Å²) in [4.78, 5) is 11.5. The van der Waals surface area contributed by atoms with Crippen molar-refractivity contribution < 1.29 is 19.4 Å². The molecule has 1 saturated heterocycles. The Morgan fingerprint density at radius 2 is 2.06 bits per heavy atom. The van der Waals surface area contributed by atoms with E-state index >= 15 is 0 Å². The van der Waals surface area contributed by atoms with Crippen LogP contribution < -0.4 is 5.32 Å². The highest BCUT2D eigenvalue weighted by Crippen LogP contribution is 2.36. The van der Waals surface area contributed by atoms with Crippen LogP contribution in [0.1, 0.15) is 33.6 Å². The molecule has 2 fully saturated rings. The molecule has 5 heteroatoms. The Morgan fingerprint density at radius 3 is 2.69 bits per heavy atom. The lowest BCUT2D eigenvalue weighted by Crippen LogP contribution is -2.45. The molecule has 1 aliphatic heterocycles. The number of hydrogen-bond donors (Lipinski definition) is 2. The van der Waals surface area contributed by atoms with E-state index in [1.807, 2.05) is 20.8 Å². The highest BCUT2D eigenvalue weighted by molar-refractivity contribution is 5.68. The topological polar surface area (TPSA) is 71.1 Å². The molecule has 1 aliphatic carbocycles. The SMILES string of the molecule is CC(C)(C)OC(=O)N[C@@H]1CC[C@@H](O)[C@H]2O[C@H]21. The van der Waals surface area contributed by atoms with Gasteiger partial charge in [-0.15, -0.1) is 0 Å². The van der Waals surface area contributed by atoms with Crippen LogP contribution in [-0.2, 0) is 9.47 Å². The van der Waals surface area contributed by atoms with E-state index in [2.05, 4.69) is 5.32 Å². The Labute approximate surface area is 95.1 Å². The second-order valence-electron chi connectivity index (χ2n) is 5.46. The van der Waals surface area contributed by atoms with E-state index in [0.717, 1.165) is 6.42 Å². The van der Waals surface area contributed by atoms with E-state index in [0.29, 0.717) is 6.42 Å². The van der Waals surface area contributed by atoms with Gasteiger partial charge in [0.15, 0.2) is 0 Å². The molecule has 16 heavy (non-hydrogen) atoms. The quantitative estimate of drug-likeness (QED) is 0.652. The highest BCUT2D eigenvalue weighted by Gasteiger charge is 2.53. The zero-order chi connectivity index (χ0) is 11.9. The molecule has 0 bridgehead atoms. The van der Waals surface area contributed by atoms with Gasteiger partial charge in [-0.25, -0.2) is 4.79 Å². The normalized spacial score (nSPS) is 37.5. The number of fused-ring (bicyclic) bond motifs is 1. The van der Waals surface area contributed by atoms with Crippen LogP contribution in [0.15, 0.2) is 0 Å². The van der Waals surface area contributed by atoms with Crippen molar-refractivity contribution in [2.24, 2.45) is 0 Å². The van der Waals surface area contributed by atoms with Gasteiger partial charge in [-0.05, 0) is 33.6 Å². The van der Waals surface area contributed by atoms with Crippen molar-refractivity contribution in [3.8, 4) is 0 Å². The molecule has 0 radical (unpaired) electrons. The maximum absolute atomic E-state index is 11.5. The number of alkyl carbamates (subject to hydrolysis) is 1. The number of hydrogen-bond acceptors (Lipinski definition) is 4. The minimum absolute atomic E-state index is 0.0248. The number of ether oxygens (including phenoxy) is 2. The van der Waals surface area contributed by atoms with Crippen molar-refractivity contribution in [3.05, 3.63) is 0 Å². The van der Waals surface area contributed by atoms with Crippen molar-refractivity contribution in [1.82, 2.24) is 5.32 Å². The van der Waals surface area contributed by atoms with Crippen LogP contribution >= 0.6 is 0 Å². The van der Waals surface area contributed by atoms with Crippen LogP contribution in [0.5, 0.6) is 0 Å². The van der Waals surface area contributed by atoms with Gasteiger partial charge in [0, 0.05) is 0 Å². The van der Waals surface area contributed by atoms with E-state index in [4.69, 9.17) is 9.47 Å². The third-order valence-electron chi connectivity index (χ3n) is 2.81. The first-order valence-electron chi connectivity index (χ1n) is 5.70. The molecule has 1 saturated carbocycles. The Balaban J connectivity index is 1.80. The second kappa shape index (κ2) is 3.89. The summed E-state index contributed by atoms with van der Waals surface area (Å²) < 4.78 is 10.5. The average Bonchev–Trinajstić information content (AvgIpc) is 2.86. The second-order valence-corrected chi connectivity index (χ2v) is 5.46. The molecule has 5 nitrogen and oxygen atoms in total. The van der Waals surface area contributed by atoms with Crippen molar-refractivity contribution in [3.63, 3.8) is 0 Å². The molecule has 4 atom stereocenters. The molecule has 0 aromatic heterocycles. The van der Waals surface area contributed by atoms with Gasteiger partial charge in [0.25, 0.3) is 0 Å². The molecule has 2 N–H and O–H groups in total. The van der Waals surface area contributed by atoms with E-state index in [-0.39, 0.29) is 24.4 Å². The summed E-state index contributed by atoms with van der Waals surface area (Å²) in [6.07, 6.45) is 0.498. The fraction of sp³-hybridized carbons (Fsp3) is 0.909. The summed E-state index contributed by atoms with van der Waals surface area (Å²) in [7, 11) is 0. The predicted octanol–water partition coefficient (Wildman–Crippen LogP) is 0.802. The summed E-state index contributed by atoms with van der Waals surface area (Å²) in [5, 5.41) is 12.3. The summed E-state index contributed by atoms with van der Waals surface area (Å²) in [6.45, 7) is 5.48. The zero-order valence-electron chi connectivity index (χ0n) is 9.90. The standard InChI is InChI=1S/C11H19NO4/c1-11(2,3)16-10(14)12-6-4-5-7(13)9-8(6)15-9/h6-9,13H,4-5H2,1-3H3,(H,12,14)/t6-,7-,8+,9-/m1/s1. The Hall–Kier alpha value is -0.810. The Bertz CT molecular complexity index is 286. The van der Waals surface area contributed by atoms with E-state index in [9.17, 15) is 9.90 Å². The fourth-order valence-electron chi connectivity index (χ4n) is 2.06.